The third-order valence-corrected chi connectivity index (χ3v) is 5.00. The van der Waals surface area contributed by atoms with Crippen LogP contribution in [0.25, 0.3) is 5.57 Å². The number of carbonyl (C=O) groups is 2. The molecular weight excluding hydrogens is 338 g/mol. The van der Waals surface area contributed by atoms with Crippen LogP contribution in [-0.4, -0.2) is 25.4 Å². The average molecular weight is 355 g/mol. The van der Waals surface area contributed by atoms with Crippen LogP contribution in [-0.2, 0) is 4.79 Å². The Labute approximate surface area is 150 Å². The number of amides is 2. The second-order valence-electron chi connectivity index (χ2n) is 5.36. The minimum absolute atomic E-state index is 0.336. The summed E-state index contributed by atoms with van der Waals surface area (Å²) in [6, 6.07) is 14.4. The van der Waals surface area contributed by atoms with Gasteiger partial charge in [-0.05, 0) is 54.1 Å². The molecule has 0 radical (unpaired) electrons. The fourth-order valence-corrected chi connectivity index (χ4v) is 3.49. The molecule has 0 spiro atoms. The Morgan fingerprint density at radius 3 is 2.28 bits per heavy atom. The highest BCUT2D eigenvalue weighted by molar-refractivity contribution is 8.19. The predicted molar refractivity (Wildman–Crippen MR) is 99.1 cm³/mol. The van der Waals surface area contributed by atoms with Crippen molar-refractivity contribution in [3.8, 4) is 11.5 Å². The van der Waals surface area contributed by atoms with Crippen LogP contribution in [0.4, 0.5) is 10.5 Å². The molecular formula is C19H17NO4S. The number of rotatable bonds is 4. The van der Waals surface area contributed by atoms with E-state index in [-0.39, 0.29) is 11.1 Å². The summed E-state index contributed by atoms with van der Waals surface area (Å²) >= 11 is 0.939. The largest absolute Gasteiger partial charge is 0.497 e. The second-order valence-corrected chi connectivity index (χ2v) is 6.32. The van der Waals surface area contributed by atoms with Crippen molar-refractivity contribution in [3.05, 3.63) is 59.0 Å². The second kappa shape index (κ2) is 7.03. The van der Waals surface area contributed by atoms with Crippen LogP contribution in [0.2, 0.25) is 0 Å². The number of thioether (sulfide) groups is 1. The summed E-state index contributed by atoms with van der Waals surface area (Å²) in [7, 11) is 3.11. The van der Waals surface area contributed by atoms with Gasteiger partial charge in [0.15, 0.2) is 0 Å². The lowest BCUT2D eigenvalue weighted by molar-refractivity contribution is -0.113. The smallest absolute Gasteiger partial charge is 0.298 e. The number of allylic oxidation sites excluding steroid dienone is 1. The lowest BCUT2D eigenvalue weighted by atomic mass is 10.1. The fraction of sp³-hybridized carbons (Fsp3) is 0.158. The standard InChI is InChI=1S/C19H17NO4S/c1-12(13-8-10-14(23-2)11-9-13)17-18(21)20(19(22)25-17)15-6-4-5-7-16(15)24-3/h4-11H,1-3H3/b17-12-. The van der Waals surface area contributed by atoms with E-state index in [4.69, 9.17) is 9.47 Å². The zero-order valence-electron chi connectivity index (χ0n) is 14.1. The Kier molecular flexibility index (Phi) is 4.81. The SMILES string of the molecule is COc1ccc(/C(C)=C2\SC(=O)N(c3ccccc3OC)C2=O)cc1. The van der Waals surface area contributed by atoms with Crippen LogP contribution in [0.5, 0.6) is 11.5 Å². The number of ether oxygens (including phenoxy) is 2. The number of imide groups is 1. The van der Waals surface area contributed by atoms with E-state index in [0.717, 1.165) is 33.5 Å². The molecule has 0 unspecified atom stereocenters. The number of methoxy groups -OCH3 is 2. The highest BCUT2D eigenvalue weighted by atomic mass is 32.2. The van der Waals surface area contributed by atoms with Gasteiger partial charge in [0.1, 0.15) is 11.5 Å². The van der Waals surface area contributed by atoms with Gasteiger partial charge in [0.25, 0.3) is 11.1 Å². The number of benzene rings is 2. The van der Waals surface area contributed by atoms with Crippen molar-refractivity contribution in [2.75, 3.05) is 19.1 Å². The Morgan fingerprint density at radius 2 is 1.64 bits per heavy atom. The Hall–Kier alpha value is -2.73. The highest BCUT2D eigenvalue weighted by Crippen LogP contribution is 2.41. The summed E-state index contributed by atoms with van der Waals surface area (Å²) in [6.07, 6.45) is 0. The minimum Gasteiger partial charge on any atom is -0.497 e. The molecule has 0 N–H and O–H groups in total. The first kappa shape index (κ1) is 17.1. The molecule has 0 saturated carbocycles. The van der Waals surface area contributed by atoms with E-state index in [1.165, 1.54) is 7.11 Å². The molecule has 6 heteroatoms. The Balaban J connectivity index is 2.00. The summed E-state index contributed by atoms with van der Waals surface area (Å²) < 4.78 is 10.4. The molecule has 1 heterocycles. The molecule has 5 nitrogen and oxygen atoms in total. The van der Waals surface area contributed by atoms with E-state index < -0.39 is 0 Å². The van der Waals surface area contributed by atoms with E-state index in [9.17, 15) is 9.59 Å². The van der Waals surface area contributed by atoms with Gasteiger partial charge in [0.05, 0.1) is 24.8 Å². The van der Waals surface area contributed by atoms with Crippen molar-refractivity contribution in [2.45, 2.75) is 6.92 Å². The van der Waals surface area contributed by atoms with Gasteiger partial charge >= 0.3 is 0 Å². The lowest BCUT2D eigenvalue weighted by Crippen LogP contribution is -2.28. The first-order valence-corrected chi connectivity index (χ1v) is 8.43. The number of hydrogen-bond acceptors (Lipinski definition) is 5. The van der Waals surface area contributed by atoms with Gasteiger partial charge in [-0.25, -0.2) is 4.90 Å². The maximum atomic E-state index is 12.9. The molecule has 2 amide bonds. The number of anilines is 1. The maximum Gasteiger partial charge on any atom is 0.298 e. The number of nitrogens with zero attached hydrogens (tertiary/aromatic N) is 1. The first-order valence-electron chi connectivity index (χ1n) is 7.61. The molecule has 0 aliphatic carbocycles. The molecule has 1 aliphatic rings. The summed E-state index contributed by atoms with van der Waals surface area (Å²) in [4.78, 5) is 26.9. The predicted octanol–water partition coefficient (Wildman–Crippen LogP) is 4.33. The molecule has 1 fully saturated rings. The van der Waals surface area contributed by atoms with Crippen LogP contribution < -0.4 is 14.4 Å². The maximum absolute atomic E-state index is 12.9. The third-order valence-electron chi connectivity index (χ3n) is 3.96. The van der Waals surface area contributed by atoms with E-state index in [2.05, 4.69) is 0 Å². The molecule has 3 rings (SSSR count). The van der Waals surface area contributed by atoms with Crippen molar-refractivity contribution >= 4 is 34.2 Å². The summed E-state index contributed by atoms with van der Waals surface area (Å²) in [6.45, 7) is 1.83. The molecule has 25 heavy (non-hydrogen) atoms. The number of hydrogen-bond donors (Lipinski definition) is 0. The summed E-state index contributed by atoms with van der Waals surface area (Å²) in [5, 5.41) is -0.336. The first-order chi connectivity index (χ1) is 12.1. The van der Waals surface area contributed by atoms with E-state index >= 15 is 0 Å². The van der Waals surface area contributed by atoms with Gasteiger partial charge in [-0.15, -0.1) is 0 Å². The van der Waals surface area contributed by atoms with Gasteiger partial charge in [0, 0.05) is 0 Å². The monoisotopic (exact) mass is 355 g/mol. The van der Waals surface area contributed by atoms with Crippen LogP contribution in [0, 0.1) is 0 Å². The number of carbonyl (C=O) groups excluding carboxylic acids is 2. The van der Waals surface area contributed by atoms with Crippen LogP contribution >= 0.6 is 11.8 Å². The Morgan fingerprint density at radius 1 is 0.960 bits per heavy atom. The molecule has 1 saturated heterocycles. The van der Waals surface area contributed by atoms with Gasteiger partial charge in [0.2, 0.25) is 0 Å². The molecule has 2 aromatic rings. The lowest BCUT2D eigenvalue weighted by Gasteiger charge is -2.16. The number of para-hydroxylation sites is 2. The average Bonchev–Trinajstić information content (AvgIpc) is 2.95. The van der Waals surface area contributed by atoms with Crippen molar-refractivity contribution in [3.63, 3.8) is 0 Å². The van der Waals surface area contributed by atoms with Gasteiger partial charge in [-0.3, -0.25) is 9.59 Å². The van der Waals surface area contributed by atoms with Crippen molar-refractivity contribution < 1.29 is 19.1 Å². The van der Waals surface area contributed by atoms with E-state index in [1.807, 2.05) is 31.2 Å². The topological polar surface area (TPSA) is 55.8 Å². The molecule has 1 aliphatic heterocycles. The van der Waals surface area contributed by atoms with Crippen LogP contribution in [0.15, 0.2) is 53.4 Å². The molecule has 0 aromatic heterocycles. The summed E-state index contributed by atoms with van der Waals surface area (Å²) in [5.74, 6) is 0.875. The van der Waals surface area contributed by atoms with Gasteiger partial charge in [-0.2, -0.15) is 0 Å². The zero-order chi connectivity index (χ0) is 18.0. The van der Waals surface area contributed by atoms with Gasteiger partial charge in [-0.1, -0.05) is 24.3 Å². The van der Waals surface area contributed by atoms with Gasteiger partial charge < -0.3 is 9.47 Å². The quantitative estimate of drug-likeness (QED) is 0.764. The van der Waals surface area contributed by atoms with Crippen LogP contribution in [0.1, 0.15) is 12.5 Å². The van der Waals surface area contributed by atoms with E-state index in [0.29, 0.717) is 16.3 Å². The minimum atomic E-state index is -0.340. The van der Waals surface area contributed by atoms with Crippen molar-refractivity contribution in [2.24, 2.45) is 0 Å². The highest BCUT2D eigenvalue weighted by Gasteiger charge is 2.39. The summed E-state index contributed by atoms with van der Waals surface area (Å²) in [5.41, 5.74) is 2.07. The van der Waals surface area contributed by atoms with Crippen molar-refractivity contribution in [1.82, 2.24) is 0 Å². The molecule has 128 valence electrons. The van der Waals surface area contributed by atoms with E-state index in [1.54, 1.807) is 31.4 Å². The normalized spacial score (nSPS) is 16.2. The zero-order valence-corrected chi connectivity index (χ0v) is 14.9. The van der Waals surface area contributed by atoms with Crippen molar-refractivity contribution in [1.29, 1.82) is 0 Å². The molecule has 0 bridgehead atoms. The van der Waals surface area contributed by atoms with Crippen LogP contribution in [0.3, 0.4) is 0 Å². The third kappa shape index (κ3) is 3.13. The Bertz CT molecular complexity index is 858. The fourth-order valence-electron chi connectivity index (χ4n) is 2.59. The molecule has 0 atom stereocenters. The molecule has 2 aromatic carbocycles.